The van der Waals surface area contributed by atoms with Crippen LogP contribution in [0.2, 0.25) is 0 Å². The highest BCUT2D eigenvalue weighted by Gasteiger charge is 2.84. The zero-order valence-corrected chi connectivity index (χ0v) is 14.6. The van der Waals surface area contributed by atoms with E-state index in [1.54, 1.807) is 6.92 Å². The fourth-order valence-corrected chi connectivity index (χ4v) is 4.88. The molecule has 22 heavy (non-hydrogen) atoms. The quantitative estimate of drug-likeness (QED) is 0.828. The van der Waals surface area contributed by atoms with Crippen molar-refractivity contribution < 1.29 is 14.3 Å². The number of carbonyl (C=O) groups is 2. The van der Waals surface area contributed by atoms with Gasteiger partial charge in [-0.05, 0) is 43.5 Å². The Morgan fingerprint density at radius 3 is 2.59 bits per heavy atom. The number of carbonyl (C=O) groups excluding carboxylic acids is 2. The van der Waals surface area contributed by atoms with E-state index in [2.05, 4.69) is 21.2 Å². The van der Waals surface area contributed by atoms with Gasteiger partial charge in [-0.15, -0.1) is 0 Å². The average molecular weight is 366 g/mol. The standard InChI is InChI=1S/C17H20BrNO3/c1-4-16(5-2)13(14(20)22-6-3)17(16)11-9-10(18)7-8-12(11)19-15(17)21/h7-9,13H,4-6H2,1-3H3,(H,19,21)/t13-,17-/m0/s1. The molecule has 1 amide bonds. The van der Waals surface area contributed by atoms with Gasteiger partial charge in [-0.25, -0.2) is 0 Å². The lowest BCUT2D eigenvalue weighted by atomic mass is 9.83. The number of esters is 1. The molecule has 1 N–H and O–H groups in total. The van der Waals surface area contributed by atoms with E-state index in [1.165, 1.54) is 0 Å². The maximum atomic E-state index is 12.8. The number of nitrogens with one attached hydrogen (secondary N) is 1. The van der Waals surface area contributed by atoms with E-state index >= 15 is 0 Å². The topological polar surface area (TPSA) is 55.4 Å². The van der Waals surface area contributed by atoms with E-state index < -0.39 is 11.3 Å². The Labute approximate surface area is 138 Å². The number of halogens is 1. The predicted octanol–water partition coefficient (Wildman–Crippen LogP) is 3.64. The fraction of sp³-hybridized carbons (Fsp3) is 0.529. The van der Waals surface area contributed by atoms with Crippen LogP contribution in [0.3, 0.4) is 0 Å². The normalized spacial score (nSPS) is 27.5. The molecular formula is C17H20BrNO3. The van der Waals surface area contributed by atoms with E-state index in [9.17, 15) is 9.59 Å². The monoisotopic (exact) mass is 365 g/mol. The first kappa shape index (κ1) is 15.5. The van der Waals surface area contributed by atoms with Crippen LogP contribution in [-0.4, -0.2) is 18.5 Å². The van der Waals surface area contributed by atoms with Gasteiger partial charge in [0.2, 0.25) is 5.91 Å². The summed E-state index contributed by atoms with van der Waals surface area (Å²) >= 11 is 3.48. The van der Waals surface area contributed by atoms with Gasteiger partial charge in [-0.3, -0.25) is 9.59 Å². The molecule has 0 aromatic heterocycles. The van der Waals surface area contributed by atoms with Gasteiger partial charge >= 0.3 is 5.97 Å². The largest absolute Gasteiger partial charge is 0.466 e. The Balaban J connectivity index is 2.18. The summed E-state index contributed by atoms with van der Waals surface area (Å²) in [4.78, 5) is 25.4. The Bertz CT molecular complexity index is 653. The molecule has 5 heteroatoms. The van der Waals surface area contributed by atoms with Gasteiger partial charge in [-0.1, -0.05) is 29.8 Å². The summed E-state index contributed by atoms with van der Waals surface area (Å²) in [5, 5.41) is 2.96. The fourth-order valence-electron chi connectivity index (χ4n) is 4.51. The van der Waals surface area contributed by atoms with Gasteiger partial charge in [0.25, 0.3) is 0 Å². The number of ether oxygens (including phenoxy) is 1. The molecular weight excluding hydrogens is 346 g/mol. The first-order valence-electron chi connectivity index (χ1n) is 7.77. The van der Waals surface area contributed by atoms with Gasteiger partial charge in [0.15, 0.2) is 0 Å². The second kappa shape index (κ2) is 5.08. The highest BCUT2D eigenvalue weighted by atomic mass is 79.9. The van der Waals surface area contributed by atoms with Crippen LogP contribution in [0.5, 0.6) is 0 Å². The summed E-state index contributed by atoms with van der Waals surface area (Å²) in [7, 11) is 0. The molecule has 0 radical (unpaired) electrons. The minimum absolute atomic E-state index is 0.0673. The third-order valence-electron chi connectivity index (χ3n) is 5.48. The summed E-state index contributed by atoms with van der Waals surface area (Å²) in [5.74, 6) is -0.720. The van der Waals surface area contributed by atoms with Crippen LogP contribution in [0.25, 0.3) is 0 Å². The van der Waals surface area contributed by atoms with Crippen molar-refractivity contribution in [3.63, 3.8) is 0 Å². The highest BCUT2D eigenvalue weighted by Crippen LogP contribution is 2.76. The SMILES string of the molecule is CCOC(=O)[C@H]1C(CC)(CC)[C@]12C(=O)Nc1ccc(Br)cc12. The van der Waals surface area contributed by atoms with E-state index in [0.717, 1.165) is 28.6 Å². The number of fused-ring (bicyclic) bond motifs is 2. The summed E-state index contributed by atoms with van der Waals surface area (Å²) in [6, 6.07) is 5.76. The summed E-state index contributed by atoms with van der Waals surface area (Å²) < 4.78 is 6.19. The molecule has 1 fully saturated rings. The first-order valence-corrected chi connectivity index (χ1v) is 8.57. The van der Waals surface area contributed by atoms with E-state index in [-0.39, 0.29) is 17.3 Å². The maximum absolute atomic E-state index is 12.8. The lowest BCUT2D eigenvalue weighted by Crippen LogP contribution is -2.28. The molecule has 0 saturated heterocycles. The molecule has 4 nitrogen and oxygen atoms in total. The van der Waals surface area contributed by atoms with E-state index in [0.29, 0.717) is 6.61 Å². The van der Waals surface area contributed by atoms with E-state index in [4.69, 9.17) is 4.74 Å². The molecule has 1 spiro atoms. The zero-order valence-electron chi connectivity index (χ0n) is 13.0. The third-order valence-corrected chi connectivity index (χ3v) is 5.98. The molecule has 3 rings (SSSR count). The van der Waals surface area contributed by atoms with Gasteiger partial charge in [0.05, 0.1) is 17.9 Å². The second-order valence-corrected chi connectivity index (χ2v) is 6.92. The number of anilines is 1. The Hall–Kier alpha value is -1.36. The van der Waals surface area contributed by atoms with Crippen LogP contribution in [0.15, 0.2) is 22.7 Å². The molecule has 0 bridgehead atoms. The highest BCUT2D eigenvalue weighted by molar-refractivity contribution is 9.10. The van der Waals surface area contributed by atoms with Crippen LogP contribution in [0.1, 0.15) is 39.2 Å². The molecule has 1 aliphatic heterocycles. The number of benzene rings is 1. The number of rotatable bonds is 4. The molecule has 1 aromatic carbocycles. The van der Waals surface area contributed by atoms with Crippen LogP contribution in [0, 0.1) is 11.3 Å². The minimum Gasteiger partial charge on any atom is -0.466 e. The van der Waals surface area contributed by atoms with Crippen molar-refractivity contribution in [1.29, 1.82) is 0 Å². The van der Waals surface area contributed by atoms with Gasteiger partial charge in [-0.2, -0.15) is 0 Å². The molecule has 1 heterocycles. The Morgan fingerprint density at radius 2 is 2.00 bits per heavy atom. The maximum Gasteiger partial charge on any atom is 0.311 e. The lowest BCUT2D eigenvalue weighted by Gasteiger charge is -2.17. The zero-order chi connectivity index (χ0) is 16.1. The average Bonchev–Trinajstić information content (AvgIpc) is 3.03. The molecule has 2 aliphatic rings. The van der Waals surface area contributed by atoms with Crippen LogP contribution in [-0.2, 0) is 19.7 Å². The van der Waals surface area contributed by atoms with Crippen molar-refractivity contribution in [2.45, 2.75) is 39.0 Å². The number of hydrogen-bond acceptors (Lipinski definition) is 3. The van der Waals surface area contributed by atoms with Crippen molar-refractivity contribution in [1.82, 2.24) is 0 Å². The van der Waals surface area contributed by atoms with Crippen LogP contribution < -0.4 is 5.32 Å². The van der Waals surface area contributed by atoms with Gasteiger partial charge in [0.1, 0.15) is 0 Å². The molecule has 1 saturated carbocycles. The molecule has 118 valence electrons. The number of hydrogen-bond donors (Lipinski definition) is 1. The van der Waals surface area contributed by atoms with Crippen molar-refractivity contribution in [2.24, 2.45) is 11.3 Å². The Morgan fingerprint density at radius 1 is 1.32 bits per heavy atom. The predicted molar refractivity (Wildman–Crippen MR) is 87.6 cm³/mol. The molecule has 2 atom stereocenters. The summed E-state index contributed by atoms with van der Waals surface area (Å²) in [6.45, 7) is 6.23. The van der Waals surface area contributed by atoms with Gasteiger partial charge < -0.3 is 10.1 Å². The van der Waals surface area contributed by atoms with Crippen molar-refractivity contribution >= 4 is 33.5 Å². The van der Waals surface area contributed by atoms with E-state index in [1.807, 2.05) is 32.0 Å². The molecule has 1 aliphatic carbocycles. The smallest absolute Gasteiger partial charge is 0.311 e. The number of amides is 1. The van der Waals surface area contributed by atoms with Gasteiger partial charge in [0, 0.05) is 15.6 Å². The molecule has 1 aromatic rings. The van der Waals surface area contributed by atoms with Crippen molar-refractivity contribution in [3.05, 3.63) is 28.2 Å². The Kier molecular flexibility index (Phi) is 3.59. The van der Waals surface area contributed by atoms with Crippen LogP contribution in [0.4, 0.5) is 5.69 Å². The lowest BCUT2D eigenvalue weighted by molar-refractivity contribution is -0.146. The minimum atomic E-state index is -0.776. The first-order chi connectivity index (χ1) is 10.5. The third kappa shape index (κ3) is 1.63. The van der Waals surface area contributed by atoms with Crippen LogP contribution >= 0.6 is 15.9 Å². The van der Waals surface area contributed by atoms with Crippen molar-refractivity contribution in [2.75, 3.05) is 11.9 Å². The molecule has 0 unspecified atom stereocenters. The summed E-state index contributed by atoms with van der Waals surface area (Å²) in [5.41, 5.74) is 0.608. The van der Waals surface area contributed by atoms with Crippen molar-refractivity contribution in [3.8, 4) is 0 Å². The summed E-state index contributed by atoms with van der Waals surface area (Å²) in [6.07, 6.45) is 1.54. The second-order valence-electron chi connectivity index (χ2n) is 6.00.